The highest BCUT2D eigenvalue weighted by Gasteiger charge is 2.08. The van der Waals surface area contributed by atoms with Gasteiger partial charge in [0.1, 0.15) is 12.4 Å². The van der Waals surface area contributed by atoms with Gasteiger partial charge in [-0.2, -0.15) is 4.98 Å². The zero-order chi connectivity index (χ0) is 18.2. The van der Waals surface area contributed by atoms with Gasteiger partial charge in [0.2, 0.25) is 0 Å². The van der Waals surface area contributed by atoms with E-state index in [9.17, 15) is 4.39 Å². The number of hydrogen-bond acceptors (Lipinski definition) is 6. The molecule has 26 heavy (non-hydrogen) atoms. The number of benzene rings is 2. The Morgan fingerprint density at radius 3 is 2.62 bits per heavy atom. The number of aromatic nitrogens is 2. The Morgan fingerprint density at radius 2 is 1.81 bits per heavy atom. The molecule has 134 valence electrons. The number of ether oxygens (including phenoxy) is 2. The molecule has 0 radical (unpaired) electrons. The van der Waals surface area contributed by atoms with Crippen LogP contribution in [0.4, 0.5) is 10.2 Å². The molecule has 0 aliphatic heterocycles. The number of nitrogens with one attached hydrogen (secondary N) is 1. The van der Waals surface area contributed by atoms with Gasteiger partial charge in [0.05, 0.1) is 19.9 Å². The molecule has 3 rings (SSSR count). The van der Waals surface area contributed by atoms with E-state index < -0.39 is 5.82 Å². The molecule has 0 fully saturated rings. The molecule has 0 aliphatic carbocycles. The van der Waals surface area contributed by atoms with Gasteiger partial charge < -0.3 is 9.47 Å². The summed E-state index contributed by atoms with van der Waals surface area (Å²) in [4.78, 5) is 13.1. The Kier molecular flexibility index (Phi) is 5.95. The lowest BCUT2D eigenvalue weighted by Gasteiger charge is -2.09. The molecule has 1 N–H and O–H groups in total. The lowest BCUT2D eigenvalue weighted by atomic mass is 10.2. The Bertz CT molecular complexity index is 846. The monoisotopic (exact) mass is 355 g/mol. The summed E-state index contributed by atoms with van der Waals surface area (Å²) >= 11 is 0. The smallest absolute Gasteiger partial charge is 0.318 e. The van der Waals surface area contributed by atoms with Gasteiger partial charge in [0, 0.05) is 0 Å². The molecule has 6 nitrogen and oxygen atoms in total. The van der Waals surface area contributed by atoms with Crippen LogP contribution in [-0.4, -0.2) is 17.1 Å². The summed E-state index contributed by atoms with van der Waals surface area (Å²) in [6, 6.07) is 17.0. The second-order valence-electron chi connectivity index (χ2n) is 5.37. The number of hydrogen-bond donors (Lipinski definition) is 1. The van der Waals surface area contributed by atoms with E-state index in [2.05, 4.69) is 15.4 Å². The number of methoxy groups -OCH3 is 1. The zero-order valence-electron chi connectivity index (χ0n) is 14.2. The first-order chi connectivity index (χ1) is 12.7. The Balaban J connectivity index is 1.58. The first-order valence-corrected chi connectivity index (χ1v) is 7.94. The quantitative estimate of drug-likeness (QED) is 0.621. The van der Waals surface area contributed by atoms with Crippen LogP contribution in [-0.2, 0) is 18.1 Å². The van der Waals surface area contributed by atoms with Gasteiger partial charge in [-0.3, -0.25) is 4.84 Å². The normalized spacial score (nSPS) is 10.4. The zero-order valence-corrected chi connectivity index (χ0v) is 14.2. The van der Waals surface area contributed by atoms with E-state index in [4.69, 9.17) is 14.3 Å². The van der Waals surface area contributed by atoms with Gasteiger partial charge in [-0.15, -0.1) is 0 Å². The van der Waals surface area contributed by atoms with Crippen molar-refractivity contribution in [3.63, 3.8) is 0 Å². The van der Waals surface area contributed by atoms with Crippen LogP contribution >= 0.6 is 0 Å². The SMILES string of the molecule is COc1cccc(COc2ncc(F)c(NOCc3ccccc3)n2)c1. The van der Waals surface area contributed by atoms with Gasteiger partial charge in [-0.25, -0.2) is 14.9 Å². The van der Waals surface area contributed by atoms with E-state index in [-0.39, 0.29) is 25.0 Å². The lowest BCUT2D eigenvalue weighted by Crippen LogP contribution is -2.08. The number of rotatable bonds is 8. The van der Waals surface area contributed by atoms with Gasteiger partial charge in [-0.1, -0.05) is 42.5 Å². The molecule has 1 aromatic heterocycles. The van der Waals surface area contributed by atoms with Crippen molar-refractivity contribution >= 4 is 5.82 Å². The molecule has 0 unspecified atom stereocenters. The fourth-order valence-corrected chi connectivity index (χ4v) is 2.16. The molecule has 7 heteroatoms. The molecular formula is C19H18FN3O3. The minimum absolute atomic E-state index is 0.0417. The van der Waals surface area contributed by atoms with Crippen molar-refractivity contribution in [1.82, 2.24) is 9.97 Å². The van der Waals surface area contributed by atoms with Crippen LogP contribution in [0.1, 0.15) is 11.1 Å². The predicted molar refractivity (Wildman–Crippen MR) is 94.2 cm³/mol. The van der Waals surface area contributed by atoms with Crippen LogP contribution < -0.4 is 15.0 Å². The third-order valence-corrected chi connectivity index (χ3v) is 3.47. The summed E-state index contributed by atoms with van der Waals surface area (Å²) in [5, 5.41) is 0. The highest BCUT2D eigenvalue weighted by molar-refractivity contribution is 5.34. The van der Waals surface area contributed by atoms with Crippen molar-refractivity contribution in [3.8, 4) is 11.8 Å². The lowest BCUT2D eigenvalue weighted by molar-refractivity contribution is 0.176. The second kappa shape index (κ2) is 8.77. The maximum absolute atomic E-state index is 13.8. The Morgan fingerprint density at radius 1 is 1.00 bits per heavy atom. The molecule has 0 amide bonds. The predicted octanol–water partition coefficient (Wildman–Crippen LogP) is 3.75. The highest BCUT2D eigenvalue weighted by atomic mass is 19.1. The average molecular weight is 355 g/mol. The van der Waals surface area contributed by atoms with Crippen molar-refractivity contribution in [1.29, 1.82) is 0 Å². The average Bonchev–Trinajstić information content (AvgIpc) is 2.69. The van der Waals surface area contributed by atoms with Gasteiger partial charge in [-0.05, 0) is 23.3 Å². The minimum atomic E-state index is -0.633. The fraction of sp³-hybridized carbons (Fsp3) is 0.158. The van der Waals surface area contributed by atoms with Crippen molar-refractivity contribution in [2.75, 3.05) is 12.6 Å². The molecule has 1 heterocycles. The van der Waals surface area contributed by atoms with Crippen molar-refractivity contribution in [3.05, 3.63) is 77.7 Å². The van der Waals surface area contributed by atoms with Crippen molar-refractivity contribution < 1.29 is 18.7 Å². The molecule has 0 saturated carbocycles. The van der Waals surface area contributed by atoms with E-state index in [1.165, 1.54) is 0 Å². The summed E-state index contributed by atoms with van der Waals surface area (Å²) in [6.45, 7) is 0.497. The number of anilines is 1. The summed E-state index contributed by atoms with van der Waals surface area (Å²) in [5.41, 5.74) is 4.32. The van der Waals surface area contributed by atoms with Crippen LogP contribution in [0.5, 0.6) is 11.8 Å². The Labute approximate surface area is 150 Å². The molecule has 0 saturated heterocycles. The number of halogens is 1. The van der Waals surface area contributed by atoms with Crippen LogP contribution in [0, 0.1) is 5.82 Å². The van der Waals surface area contributed by atoms with E-state index in [1.54, 1.807) is 7.11 Å². The summed E-state index contributed by atoms with van der Waals surface area (Å²) < 4.78 is 24.5. The topological polar surface area (TPSA) is 65.5 Å². The molecule has 0 aliphatic rings. The standard InChI is InChI=1S/C19H18FN3O3/c1-24-16-9-5-8-15(10-16)12-25-19-21-11-17(20)18(22-19)23-26-13-14-6-3-2-4-7-14/h2-11H,12-13H2,1H3,(H,21,22,23). The second-order valence-corrected chi connectivity index (χ2v) is 5.37. The van der Waals surface area contributed by atoms with Gasteiger partial charge in [0.25, 0.3) is 0 Å². The van der Waals surface area contributed by atoms with Gasteiger partial charge in [0.15, 0.2) is 11.6 Å². The van der Waals surface area contributed by atoms with Crippen LogP contribution in [0.2, 0.25) is 0 Å². The first kappa shape index (κ1) is 17.6. The summed E-state index contributed by atoms with van der Waals surface area (Å²) in [7, 11) is 1.59. The van der Waals surface area contributed by atoms with Crippen molar-refractivity contribution in [2.24, 2.45) is 0 Å². The third kappa shape index (κ3) is 4.90. The summed E-state index contributed by atoms with van der Waals surface area (Å²) in [6.07, 6.45) is 1.03. The molecule has 0 bridgehead atoms. The van der Waals surface area contributed by atoms with E-state index in [1.807, 2.05) is 54.6 Å². The first-order valence-electron chi connectivity index (χ1n) is 7.94. The maximum Gasteiger partial charge on any atom is 0.318 e. The third-order valence-electron chi connectivity index (χ3n) is 3.47. The largest absolute Gasteiger partial charge is 0.497 e. The summed E-state index contributed by atoms with van der Waals surface area (Å²) in [5.74, 6) is 0.00570. The minimum Gasteiger partial charge on any atom is -0.497 e. The van der Waals surface area contributed by atoms with Crippen LogP contribution in [0.3, 0.4) is 0 Å². The molecular weight excluding hydrogens is 337 g/mol. The molecule has 0 atom stereocenters. The van der Waals surface area contributed by atoms with Crippen LogP contribution in [0.15, 0.2) is 60.8 Å². The fourth-order valence-electron chi connectivity index (χ4n) is 2.16. The van der Waals surface area contributed by atoms with E-state index >= 15 is 0 Å². The Hall–Kier alpha value is -3.19. The van der Waals surface area contributed by atoms with E-state index in [0.717, 1.165) is 23.1 Å². The highest BCUT2D eigenvalue weighted by Crippen LogP contribution is 2.17. The maximum atomic E-state index is 13.8. The molecule has 0 spiro atoms. The van der Waals surface area contributed by atoms with Gasteiger partial charge >= 0.3 is 6.01 Å². The van der Waals surface area contributed by atoms with Crippen LogP contribution in [0.25, 0.3) is 0 Å². The molecule has 3 aromatic rings. The molecule has 2 aromatic carbocycles. The van der Waals surface area contributed by atoms with E-state index in [0.29, 0.717) is 0 Å². The van der Waals surface area contributed by atoms with Crippen molar-refractivity contribution in [2.45, 2.75) is 13.2 Å². The number of nitrogens with zero attached hydrogens (tertiary/aromatic N) is 2.